The number of carboxylic acid groups (broad SMARTS) is 1. The quantitative estimate of drug-likeness (QED) is 0.750. The molecule has 0 aromatic carbocycles. The average molecular weight is 362 g/mol. The molecule has 26 heavy (non-hydrogen) atoms. The number of alkyl halides is 1. The third kappa shape index (κ3) is 1.93. The van der Waals surface area contributed by atoms with Crippen molar-refractivity contribution in [3.05, 3.63) is 23.8 Å². The first-order valence-corrected chi connectivity index (χ1v) is 9.59. The molecule has 0 aromatic rings. The van der Waals surface area contributed by atoms with Gasteiger partial charge in [0, 0.05) is 11.3 Å². The number of carboxylic acids is 1. The molecule has 0 radical (unpaired) electrons. The molecule has 3 saturated carbocycles. The van der Waals surface area contributed by atoms with Gasteiger partial charge in [-0.05, 0) is 62.0 Å². The second kappa shape index (κ2) is 5.28. The minimum atomic E-state index is -1.87. The van der Waals surface area contributed by atoms with E-state index in [9.17, 15) is 19.8 Å². The van der Waals surface area contributed by atoms with Crippen LogP contribution in [0.5, 0.6) is 0 Å². The van der Waals surface area contributed by atoms with Crippen molar-refractivity contribution in [1.82, 2.24) is 0 Å². The van der Waals surface area contributed by atoms with Crippen LogP contribution < -0.4 is 0 Å². The summed E-state index contributed by atoms with van der Waals surface area (Å²) in [6.07, 6.45) is 5.32. The maximum atomic E-state index is 16.7. The molecule has 8 atom stereocenters. The number of aliphatic hydroxyl groups excluding tert-OH is 1. The summed E-state index contributed by atoms with van der Waals surface area (Å²) in [5.41, 5.74) is -2.72. The molecular formula is C21H27FO4. The molecule has 0 bridgehead atoms. The van der Waals surface area contributed by atoms with Gasteiger partial charge >= 0.3 is 5.97 Å². The van der Waals surface area contributed by atoms with Gasteiger partial charge in [-0.2, -0.15) is 0 Å². The molecule has 3 fully saturated rings. The average Bonchev–Trinajstić information content (AvgIpc) is 2.80. The van der Waals surface area contributed by atoms with Crippen LogP contribution in [0.4, 0.5) is 4.39 Å². The Balaban J connectivity index is 1.82. The normalized spacial score (nSPS) is 52.7. The molecule has 0 saturated heterocycles. The lowest BCUT2D eigenvalue weighted by atomic mass is 9.45. The van der Waals surface area contributed by atoms with E-state index in [0.717, 1.165) is 5.57 Å². The molecule has 0 heterocycles. The van der Waals surface area contributed by atoms with Crippen molar-refractivity contribution in [3.63, 3.8) is 0 Å². The minimum absolute atomic E-state index is 0.0368. The summed E-state index contributed by atoms with van der Waals surface area (Å²) in [7, 11) is 0. The molecule has 0 spiro atoms. The number of carbonyl (C=O) groups is 2. The van der Waals surface area contributed by atoms with E-state index in [-0.39, 0.29) is 24.0 Å². The summed E-state index contributed by atoms with van der Waals surface area (Å²) >= 11 is 0. The number of ketones is 1. The molecular weight excluding hydrogens is 335 g/mol. The topological polar surface area (TPSA) is 74.6 Å². The van der Waals surface area contributed by atoms with Crippen molar-refractivity contribution in [2.24, 2.45) is 34.5 Å². The molecule has 0 unspecified atom stereocenters. The third-order valence-corrected chi connectivity index (χ3v) is 8.25. The minimum Gasteiger partial charge on any atom is -0.481 e. The first-order valence-electron chi connectivity index (χ1n) is 9.59. The molecule has 4 nitrogen and oxygen atoms in total. The van der Waals surface area contributed by atoms with Gasteiger partial charge in [-0.1, -0.05) is 25.5 Å². The monoisotopic (exact) mass is 362 g/mol. The fraction of sp³-hybridized carbons (Fsp3) is 0.714. The van der Waals surface area contributed by atoms with Crippen molar-refractivity contribution >= 4 is 11.8 Å². The van der Waals surface area contributed by atoms with Crippen molar-refractivity contribution in [1.29, 1.82) is 0 Å². The second-order valence-corrected chi connectivity index (χ2v) is 9.38. The standard InChI is InChI=1S/C21H27FO4/c1-11-8-15-14-5-4-12-9-13(23)6-7-20(12,3)21(14,22)16(24)10-19(15,2)17(11)18(25)26/h6-7,9,11,14-17,24H,4-5,8,10H2,1-3H3,(H,25,26)/t11-,14-,15+,16-,17+,19-,20-,21+/m0/s1. The Labute approximate surface area is 153 Å². The fourth-order valence-corrected chi connectivity index (χ4v) is 7.10. The summed E-state index contributed by atoms with van der Waals surface area (Å²) in [6, 6.07) is 0. The molecule has 0 aliphatic heterocycles. The van der Waals surface area contributed by atoms with E-state index < -0.39 is 40.4 Å². The highest BCUT2D eigenvalue weighted by Gasteiger charge is 2.71. The van der Waals surface area contributed by atoms with Crippen molar-refractivity contribution in [3.8, 4) is 0 Å². The van der Waals surface area contributed by atoms with E-state index in [0.29, 0.717) is 19.3 Å². The lowest BCUT2D eigenvalue weighted by molar-refractivity contribution is -0.198. The molecule has 5 heteroatoms. The maximum Gasteiger partial charge on any atom is 0.307 e. The molecule has 4 rings (SSSR count). The summed E-state index contributed by atoms with van der Waals surface area (Å²) in [4.78, 5) is 23.7. The Morgan fingerprint density at radius 3 is 2.65 bits per heavy atom. The van der Waals surface area contributed by atoms with E-state index in [2.05, 4.69) is 0 Å². The second-order valence-electron chi connectivity index (χ2n) is 9.38. The van der Waals surface area contributed by atoms with Crippen LogP contribution in [-0.2, 0) is 9.59 Å². The Bertz CT molecular complexity index is 742. The number of aliphatic carboxylic acids is 1. The number of allylic oxidation sites excluding steroid dienone is 4. The highest BCUT2D eigenvalue weighted by Crippen LogP contribution is 2.69. The third-order valence-electron chi connectivity index (χ3n) is 8.25. The zero-order valence-electron chi connectivity index (χ0n) is 15.5. The molecule has 0 amide bonds. The van der Waals surface area contributed by atoms with Crippen LogP contribution in [0, 0.1) is 34.5 Å². The Morgan fingerprint density at radius 2 is 2.00 bits per heavy atom. The maximum absolute atomic E-state index is 16.7. The zero-order chi connectivity index (χ0) is 19.1. The SMILES string of the molecule is C[C@H]1C[C@@H]2[C@@H]3CCC4=CC(=O)C=C[C@]4(C)[C@]3(F)[C@@H](O)C[C@]2(C)[C@H]1C(=O)O. The van der Waals surface area contributed by atoms with Gasteiger partial charge < -0.3 is 10.2 Å². The number of fused-ring (bicyclic) bond motifs is 5. The number of halogens is 1. The van der Waals surface area contributed by atoms with Crippen molar-refractivity contribution in [2.45, 2.75) is 58.2 Å². The number of carbonyl (C=O) groups excluding carboxylic acids is 1. The lowest BCUT2D eigenvalue weighted by Gasteiger charge is -2.61. The van der Waals surface area contributed by atoms with Gasteiger partial charge in [0.15, 0.2) is 11.5 Å². The first-order chi connectivity index (χ1) is 12.1. The van der Waals surface area contributed by atoms with Gasteiger partial charge in [-0.25, -0.2) is 4.39 Å². The Hall–Kier alpha value is -1.49. The first kappa shape index (κ1) is 17.9. The molecule has 142 valence electrons. The van der Waals surface area contributed by atoms with Crippen LogP contribution in [0.2, 0.25) is 0 Å². The van der Waals surface area contributed by atoms with Gasteiger partial charge in [0.25, 0.3) is 0 Å². The Kier molecular flexibility index (Phi) is 3.63. The molecule has 2 N–H and O–H groups in total. The van der Waals surface area contributed by atoms with Crippen LogP contribution in [0.15, 0.2) is 23.8 Å². The van der Waals surface area contributed by atoms with E-state index in [4.69, 9.17) is 0 Å². The largest absolute Gasteiger partial charge is 0.481 e. The Morgan fingerprint density at radius 1 is 1.31 bits per heavy atom. The van der Waals surface area contributed by atoms with Gasteiger partial charge in [0.1, 0.15) is 0 Å². The van der Waals surface area contributed by atoms with E-state index in [1.807, 2.05) is 13.8 Å². The predicted molar refractivity (Wildman–Crippen MR) is 94.0 cm³/mol. The number of rotatable bonds is 1. The lowest BCUT2D eigenvalue weighted by Crippen LogP contribution is -2.66. The van der Waals surface area contributed by atoms with Crippen LogP contribution >= 0.6 is 0 Å². The van der Waals surface area contributed by atoms with E-state index >= 15 is 4.39 Å². The smallest absolute Gasteiger partial charge is 0.307 e. The number of hydrogen-bond acceptors (Lipinski definition) is 3. The number of aliphatic hydroxyl groups is 1. The van der Waals surface area contributed by atoms with Crippen LogP contribution in [0.3, 0.4) is 0 Å². The highest BCUT2D eigenvalue weighted by atomic mass is 19.1. The summed E-state index contributed by atoms with van der Waals surface area (Å²) in [6.45, 7) is 5.65. The van der Waals surface area contributed by atoms with Crippen molar-refractivity contribution < 1.29 is 24.2 Å². The highest BCUT2D eigenvalue weighted by molar-refractivity contribution is 6.01. The van der Waals surface area contributed by atoms with Crippen LogP contribution in [0.1, 0.15) is 46.5 Å². The molecule has 4 aliphatic carbocycles. The van der Waals surface area contributed by atoms with Gasteiger partial charge in [-0.15, -0.1) is 0 Å². The van der Waals surface area contributed by atoms with Crippen LogP contribution in [-0.4, -0.2) is 33.7 Å². The predicted octanol–water partition coefficient (Wildman–Crippen LogP) is 3.30. The van der Waals surface area contributed by atoms with E-state index in [1.54, 1.807) is 13.0 Å². The summed E-state index contributed by atoms with van der Waals surface area (Å²) in [5.74, 6) is -2.04. The molecule has 0 aromatic heterocycles. The zero-order valence-corrected chi connectivity index (χ0v) is 15.5. The van der Waals surface area contributed by atoms with Gasteiger partial charge in [0.05, 0.1) is 12.0 Å². The van der Waals surface area contributed by atoms with Gasteiger partial charge in [0.2, 0.25) is 0 Å². The van der Waals surface area contributed by atoms with Gasteiger partial charge in [-0.3, -0.25) is 9.59 Å². The fourth-order valence-electron chi connectivity index (χ4n) is 7.10. The number of hydrogen-bond donors (Lipinski definition) is 2. The summed E-state index contributed by atoms with van der Waals surface area (Å²) < 4.78 is 16.7. The molecule has 4 aliphatic rings. The van der Waals surface area contributed by atoms with Crippen LogP contribution in [0.25, 0.3) is 0 Å². The summed E-state index contributed by atoms with van der Waals surface area (Å²) in [5, 5.41) is 20.8. The van der Waals surface area contributed by atoms with Crippen molar-refractivity contribution in [2.75, 3.05) is 0 Å². The van der Waals surface area contributed by atoms with E-state index in [1.165, 1.54) is 12.2 Å².